The fraction of sp³-hybridized carbons (Fsp3) is 0.308. The minimum Gasteiger partial charge on any atom is -0.479 e. The van der Waals surface area contributed by atoms with Crippen molar-refractivity contribution in [2.24, 2.45) is 0 Å². The van der Waals surface area contributed by atoms with Crippen LogP contribution in [0.4, 0.5) is 0 Å². The lowest BCUT2D eigenvalue weighted by Crippen LogP contribution is -2.08. The first-order valence-corrected chi connectivity index (χ1v) is 6.63. The summed E-state index contributed by atoms with van der Waals surface area (Å²) in [7, 11) is 1.57. The van der Waals surface area contributed by atoms with Crippen molar-refractivity contribution in [3.05, 3.63) is 35.3 Å². The molecule has 1 unspecified atom stereocenters. The minimum absolute atomic E-state index is 0.113. The number of aromatic amines is 1. The maximum atomic E-state index is 5.39. The molecule has 7 heteroatoms. The molecule has 0 saturated carbocycles. The zero-order valence-corrected chi connectivity index (χ0v) is 12.0. The Kier molecular flexibility index (Phi) is 3.27. The lowest BCUT2D eigenvalue weighted by Gasteiger charge is -2.12. The molecule has 0 aliphatic rings. The molecule has 0 amide bonds. The highest BCUT2D eigenvalue weighted by molar-refractivity contribution is 7.71. The fourth-order valence-corrected chi connectivity index (χ4v) is 2.66. The molecule has 104 valence electrons. The van der Waals surface area contributed by atoms with Gasteiger partial charge in [0.25, 0.3) is 0 Å². The average molecular weight is 290 g/mol. The Labute approximate surface area is 120 Å². The lowest BCUT2D eigenvalue weighted by molar-refractivity contribution is 0.401. The van der Waals surface area contributed by atoms with Gasteiger partial charge in [-0.05, 0) is 31.3 Å². The van der Waals surface area contributed by atoms with Gasteiger partial charge in [-0.25, -0.2) is 4.98 Å². The van der Waals surface area contributed by atoms with E-state index in [0.29, 0.717) is 16.2 Å². The van der Waals surface area contributed by atoms with E-state index in [1.54, 1.807) is 13.4 Å². The molecule has 3 aromatic heterocycles. The Morgan fingerprint density at radius 1 is 1.50 bits per heavy atom. The molecular formula is C13H14N4O2S. The summed E-state index contributed by atoms with van der Waals surface area (Å²) in [6.07, 6.45) is 3.88. The highest BCUT2D eigenvalue weighted by atomic mass is 32.1. The Morgan fingerprint density at radius 2 is 2.35 bits per heavy atom. The molecule has 1 atom stereocenters. The number of ether oxygens (including phenoxy) is 1. The molecule has 3 heterocycles. The molecule has 0 saturated heterocycles. The van der Waals surface area contributed by atoms with Crippen molar-refractivity contribution < 1.29 is 9.15 Å². The zero-order chi connectivity index (χ0) is 14.1. The van der Waals surface area contributed by atoms with E-state index >= 15 is 0 Å². The summed E-state index contributed by atoms with van der Waals surface area (Å²) in [5, 5.41) is 0. The van der Waals surface area contributed by atoms with Crippen LogP contribution in [0.25, 0.3) is 11.2 Å². The minimum atomic E-state index is 0.113. The molecule has 20 heavy (non-hydrogen) atoms. The van der Waals surface area contributed by atoms with Gasteiger partial charge in [-0.1, -0.05) is 0 Å². The van der Waals surface area contributed by atoms with Crippen LogP contribution >= 0.6 is 12.2 Å². The number of rotatable bonds is 4. The van der Waals surface area contributed by atoms with Crippen LogP contribution in [0.2, 0.25) is 0 Å². The Morgan fingerprint density at radius 3 is 3.05 bits per heavy atom. The normalized spacial score (nSPS) is 12.7. The van der Waals surface area contributed by atoms with Gasteiger partial charge in [0.15, 0.2) is 10.4 Å². The first-order chi connectivity index (χ1) is 9.70. The number of fused-ring (bicyclic) bond motifs is 1. The number of hydrogen-bond acceptors (Lipinski definition) is 5. The van der Waals surface area contributed by atoms with E-state index in [1.165, 1.54) is 6.33 Å². The van der Waals surface area contributed by atoms with Crippen molar-refractivity contribution in [1.29, 1.82) is 0 Å². The van der Waals surface area contributed by atoms with Crippen LogP contribution in [-0.2, 0) is 6.42 Å². The first-order valence-electron chi connectivity index (χ1n) is 6.22. The zero-order valence-electron chi connectivity index (χ0n) is 11.2. The van der Waals surface area contributed by atoms with Crippen molar-refractivity contribution in [2.45, 2.75) is 19.4 Å². The van der Waals surface area contributed by atoms with E-state index in [-0.39, 0.29) is 6.04 Å². The Balaban J connectivity index is 2.07. The average Bonchev–Trinajstić information content (AvgIpc) is 3.04. The molecule has 1 N–H and O–H groups in total. The number of hydrogen-bond donors (Lipinski definition) is 1. The molecular weight excluding hydrogens is 276 g/mol. The second-order valence-electron chi connectivity index (χ2n) is 4.51. The summed E-state index contributed by atoms with van der Waals surface area (Å²) in [6.45, 7) is 2.07. The molecule has 0 fully saturated rings. The monoisotopic (exact) mass is 290 g/mol. The van der Waals surface area contributed by atoms with E-state index in [9.17, 15) is 0 Å². The van der Waals surface area contributed by atoms with Crippen LogP contribution in [0.15, 0.2) is 29.1 Å². The van der Waals surface area contributed by atoms with Crippen LogP contribution < -0.4 is 4.74 Å². The SMILES string of the molecule is COc1ncnc2c1[nH]c(=S)n2C(C)Cc1ccco1. The van der Waals surface area contributed by atoms with Gasteiger partial charge in [0.05, 0.1) is 13.4 Å². The summed E-state index contributed by atoms with van der Waals surface area (Å²) in [4.78, 5) is 11.5. The highest BCUT2D eigenvalue weighted by Gasteiger charge is 2.16. The molecule has 3 aromatic rings. The maximum Gasteiger partial charge on any atom is 0.242 e. The first kappa shape index (κ1) is 12.9. The second kappa shape index (κ2) is 5.09. The molecule has 0 bridgehead atoms. The topological polar surface area (TPSA) is 68.9 Å². The van der Waals surface area contributed by atoms with E-state index in [2.05, 4.69) is 21.9 Å². The Bertz CT molecular complexity index is 775. The van der Waals surface area contributed by atoms with E-state index in [4.69, 9.17) is 21.4 Å². The van der Waals surface area contributed by atoms with Crippen molar-refractivity contribution in [3.8, 4) is 5.88 Å². The number of H-pyrrole nitrogens is 1. The molecule has 3 rings (SSSR count). The van der Waals surface area contributed by atoms with E-state index < -0.39 is 0 Å². The van der Waals surface area contributed by atoms with Crippen molar-refractivity contribution in [1.82, 2.24) is 19.5 Å². The number of aromatic nitrogens is 4. The van der Waals surface area contributed by atoms with Crippen LogP contribution in [0.1, 0.15) is 18.7 Å². The maximum absolute atomic E-state index is 5.39. The largest absolute Gasteiger partial charge is 0.479 e. The number of nitrogens with zero attached hydrogens (tertiary/aromatic N) is 3. The van der Waals surface area contributed by atoms with Crippen LogP contribution in [-0.4, -0.2) is 26.6 Å². The van der Waals surface area contributed by atoms with E-state index in [0.717, 1.165) is 17.8 Å². The van der Waals surface area contributed by atoms with Crippen LogP contribution in [0, 0.1) is 4.77 Å². The van der Waals surface area contributed by atoms with Gasteiger partial charge in [-0.2, -0.15) is 4.98 Å². The summed E-state index contributed by atoms with van der Waals surface area (Å²) in [5.41, 5.74) is 1.45. The molecule has 0 radical (unpaired) electrons. The number of furan rings is 1. The predicted octanol–water partition coefficient (Wildman–Crippen LogP) is 2.89. The summed E-state index contributed by atoms with van der Waals surface area (Å²) >= 11 is 5.39. The lowest BCUT2D eigenvalue weighted by atomic mass is 10.2. The molecule has 0 spiro atoms. The molecule has 0 aromatic carbocycles. The van der Waals surface area contributed by atoms with Gasteiger partial charge in [0.1, 0.15) is 17.6 Å². The number of nitrogens with one attached hydrogen (secondary N) is 1. The summed E-state index contributed by atoms with van der Waals surface area (Å²) in [5.74, 6) is 1.40. The smallest absolute Gasteiger partial charge is 0.242 e. The molecule has 0 aliphatic heterocycles. The van der Waals surface area contributed by atoms with Crippen LogP contribution in [0.3, 0.4) is 0 Å². The quantitative estimate of drug-likeness (QED) is 0.748. The molecule has 6 nitrogen and oxygen atoms in total. The van der Waals surface area contributed by atoms with Gasteiger partial charge >= 0.3 is 0 Å². The number of methoxy groups -OCH3 is 1. The third-order valence-electron chi connectivity index (χ3n) is 3.18. The fourth-order valence-electron chi connectivity index (χ4n) is 2.29. The number of imidazole rings is 1. The van der Waals surface area contributed by atoms with Gasteiger partial charge in [0, 0.05) is 12.5 Å². The summed E-state index contributed by atoms with van der Waals surface area (Å²) < 4.78 is 13.2. The Hall–Kier alpha value is -2.15. The predicted molar refractivity (Wildman–Crippen MR) is 76.4 cm³/mol. The highest BCUT2D eigenvalue weighted by Crippen LogP contribution is 2.24. The standard InChI is InChI=1S/C13H14N4O2S/c1-8(6-9-4-3-5-19-9)17-11-10(16-13(17)20)12(18-2)15-7-14-11/h3-5,7-8H,6H2,1-2H3,(H,16,20). The van der Waals surface area contributed by atoms with Crippen molar-refractivity contribution in [3.63, 3.8) is 0 Å². The van der Waals surface area contributed by atoms with Gasteiger partial charge < -0.3 is 14.1 Å². The third-order valence-corrected chi connectivity index (χ3v) is 3.48. The third kappa shape index (κ3) is 2.09. The second-order valence-corrected chi connectivity index (χ2v) is 4.90. The van der Waals surface area contributed by atoms with Crippen molar-refractivity contribution in [2.75, 3.05) is 7.11 Å². The van der Waals surface area contributed by atoms with Gasteiger partial charge in [-0.3, -0.25) is 4.57 Å². The van der Waals surface area contributed by atoms with Gasteiger partial charge in [-0.15, -0.1) is 0 Å². The summed E-state index contributed by atoms with van der Waals surface area (Å²) in [6, 6.07) is 3.94. The van der Waals surface area contributed by atoms with Crippen LogP contribution in [0.5, 0.6) is 5.88 Å². The van der Waals surface area contributed by atoms with Crippen molar-refractivity contribution >= 4 is 23.4 Å². The van der Waals surface area contributed by atoms with Gasteiger partial charge in [0.2, 0.25) is 5.88 Å². The molecule has 0 aliphatic carbocycles. The van der Waals surface area contributed by atoms with E-state index in [1.807, 2.05) is 16.7 Å².